The minimum Gasteiger partial charge on any atom is -0.396 e. The highest BCUT2D eigenvalue weighted by Crippen LogP contribution is 2.28. The fraction of sp³-hybridized carbons (Fsp3) is 0.300. The molecule has 0 fully saturated rings. The minimum atomic E-state index is -4.41. The fourth-order valence-corrected chi connectivity index (χ4v) is 1.33. The summed E-state index contributed by atoms with van der Waals surface area (Å²) in [6, 6.07) is 2.13. The van der Waals surface area contributed by atoms with E-state index in [0.717, 1.165) is 12.3 Å². The Balaban J connectivity index is 2.23. The maximum atomic E-state index is 12.3. The number of aliphatic hydroxyl groups is 1. The number of halogens is 3. The summed E-state index contributed by atoms with van der Waals surface area (Å²) in [5.41, 5.74) is -0.277. The lowest BCUT2D eigenvalue weighted by Gasteiger charge is -2.06. The summed E-state index contributed by atoms with van der Waals surface area (Å²) in [6.07, 6.45) is -1.83. The van der Waals surface area contributed by atoms with Gasteiger partial charge in [-0.15, -0.1) is 5.10 Å². The number of pyridine rings is 1. The maximum Gasteiger partial charge on any atom is 0.417 e. The minimum absolute atomic E-state index is 0.0703. The van der Waals surface area contributed by atoms with Crippen LogP contribution in [0.5, 0.6) is 0 Å². The zero-order chi connectivity index (χ0) is 13.2. The molecule has 0 amide bonds. The lowest BCUT2D eigenvalue weighted by molar-refractivity contribution is -0.137. The van der Waals surface area contributed by atoms with Crippen LogP contribution in [0.25, 0.3) is 5.82 Å². The number of alkyl halides is 3. The van der Waals surface area contributed by atoms with Crippen LogP contribution in [0, 0.1) is 0 Å². The zero-order valence-corrected chi connectivity index (χ0v) is 9.09. The Hall–Kier alpha value is -1.96. The Bertz CT molecular complexity index is 521. The molecular weight excluding hydrogens is 249 g/mol. The number of hydrogen-bond donors (Lipinski definition) is 1. The quantitative estimate of drug-likeness (QED) is 0.899. The molecule has 0 aromatic carbocycles. The van der Waals surface area contributed by atoms with Gasteiger partial charge in [0.1, 0.15) is 0 Å². The van der Waals surface area contributed by atoms with Crippen LogP contribution < -0.4 is 0 Å². The van der Waals surface area contributed by atoms with E-state index >= 15 is 0 Å². The lowest BCUT2D eigenvalue weighted by Crippen LogP contribution is -2.07. The summed E-state index contributed by atoms with van der Waals surface area (Å²) in [4.78, 5) is 3.67. The Kier molecular flexibility index (Phi) is 3.28. The second-order valence-electron chi connectivity index (χ2n) is 3.53. The van der Waals surface area contributed by atoms with Gasteiger partial charge in [-0.2, -0.15) is 13.2 Å². The van der Waals surface area contributed by atoms with E-state index in [-0.39, 0.29) is 12.4 Å². The van der Waals surface area contributed by atoms with Gasteiger partial charge >= 0.3 is 6.18 Å². The normalized spacial score (nSPS) is 11.8. The molecule has 2 aromatic heterocycles. The van der Waals surface area contributed by atoms with Crippen molar-refractivity contribution in [3.63, 3.8) is 0 Å². The molecular formula is C10H9F3N4O. The summed E-state index contributed by atoms with van der Waals surface area (Å²) >= 11 is 0. The summed E-state index contributed by atoms with van der Waals surface area (Å²) < 4.78 is 38.2. The lowest BCUT2D eigenvalue weighted by atomic mass is 10.3. The second-order valence-corrected chi connectivity index (χ2v) is 3.53. The molecule has 0 atom stereocenters. The van der Waals surface area contributed by atoms with Gasteiger partial charge in [0.05, 0.1) is 17.5 Å². The number of aliphatic hydroxyl groups excluding tert-OH is 1. The number of aromatic nitrogens is 4. The third-order valence-corrected chi connectivity index (χ3v) is 2.22. The molecule has 2 aromatic rings. The molecule has 0 aliphatic carbocycles. The van der Waals surface area contributed by atoms with Crippen LogP contribution in [0.1, 0.15) is 11.3 Å². The number of rotatable bonds is 3. The molecule has 5 nitrogen and oxygen atoms in total. The Morgan fingerprint density at radius 2 is 2.06 bits per heavy atom. The molecule has 0 saturated heterocycles. The molecule has 0 spiro atoms. The topological polar surface area (TPSA) is 63.8 Å². The van der Waals surface area contributed by atoms with Crippen molar-refractivity contribution in [2.24, 2.45) is 0 Å². The highest BCUT2D eigenvalue weighted by molar-refractivity contribution is 5.26. The van der Waals surface area contributed by atoms with E-state index in [9.17, 15) is 13.2 Å². The molecule has 0 bridgehead atoms. The van der Waals surface area contributed by atoms with Crippen molar-refractivity contribution in [1.82, 2.24) is 20.0 Å². The van der Waals surface area contributed by atoms with Crippen molar-refractivity contribution in [2.75, 3.05) is 6.61 Å². The summed E-state index contributed by atoms with van der Waals surface area (Å²) in [6.45, 7) is -0.0703. The van der Waals surface area contributed by atoms with Gasteiger partial charge in [-0.05, 0) is 12.1 Å². The number of hydrogen-bond acceptors (Lipinski definition) is 4. The van der Waals surface area contributed by atoms with Crippen LogP contribution in [0.4, 0.5) is 13.2 Å². The highest BCUT2D eigenvalue weighted by atomic mass is 19.4. The first-order chi connectivity index (χ1) is 8.50. The van der Waals surface area contributed by atoms with Crippen LogP contribution in [-0.4, -0.2) is 31.7 Å². The first-order valence-corrected chi connectivity index (χ1v) is 5.06. The Labute approximate surface area is 99.9 Å². The van der Waals surface area contributed by atoms with E-state index in [0.29, 0.717) is 12.1 Å². The highest BCUT2D eigenvalue weighted by Gasteiger charge is 2.30. The smallest absolute Gasteiger partial charge is 0.396 e. The fourth-order valence-electron chi connectivity index (χ4n) is 1.33. The van der Waals surface area contributed by atoms with Gasteiger partial charge in [-0.1, -0.05) is 5.21 Å². The largest absolute Gasteiger partial charge is 0.417 e. The van der Waals surface area contributed by atoms with Crippen LogP contribution >= 0.6 is 0 Å². The molecule has 8 heteroatoms. The van der Waals surface area contributed by atoms with Gasteiger partial charge in [-0.25, -0.2) is 9.67 Å². The Morgan fingerprint density at radius 1 is 1.28 bits per heavy atom. The van der Waals surface area contributed by atoms with E-state index in [2.05, 4.69) is 15.3 Å². The molecule has 18 heavy (non-hydrogen) atoms. The summed E-state index contributed by atoms with van der Waals surface area (Å²) in [5, 5.41) is 16.2. The predicted molar refractivity (Wildman–Crippen MR) is 54.9 cm³/mol. The molecule has 0 unspecified atom stereocenters. The van der Waals surface area contributed by atoms with Crippen LogP contribution in [0.2, 0.25) is 0 Å². The van der Waals surface area contributed by atoms with E-state index < -0.39 is 11.7 Å². The van der Waals surface area contributed by atoms with Gasteiger partial charge in [-0.3, -0.25) is 0 Å². The van der Waals surface area contributed by atoms with Crippen molar-refractivity contribution in [3.05, 3.63) is 35.8 Å². The van der Waals surface area contributed by atoms with Crippen LogP contribution in [-0.2, 0) is 12.6 Å². The standard InChI is InChI=1S/C10H9F3N4O/c11-10(12,13)7-1-2-9(14-5-7)17-6-8(3-4-18)15-16-17/h1-2,5-6,18H,3-4H2. The zero-order valence-electron chi connectivity index (χ0n) is 9.09. The van der Waals surface area contributed by atoms with Gasteiger partial charge < -0.3 is 5.11 Å². The average molecular weight is 258 g/mol. The van der Waals surface area contributed by atoms with E-state index in [1.54, 1.807) is 0 Å². The molecule has 2 rings (SSSR count). The molecule has 0 aliphatic heterocycles. The van der Waals surface area contributed by atoms with Crippen LogP contribution in [0.3, 0.4) is 0 Å². The first-order valence-electron chi connectivity index (χ1n) is 5.06. The third-order valence-electron chi connectivity index (χ3n) is 2.22. The first kappa shape index (κ1) is 12.5. The molecule has 0 saturated carbocycles. The van der Waals surface area contributed by atoms with Gasteiger partial charge in [0.15, 0.2) is 5.82 Å². The van der Waals surface area contributed by atoms with Crippen molar-refractivity contribution in [1.29, 1.82) is 0 Å². The van der Waals surface area contributed by atoms with Crippen molar-refractivity contribution >= 4 is 0 Å². The molecule has 2 heterocycles. The van der Waals surface area contributed by atoms with E-state index in [1.807, 2.05) is 0 Å². The molecule has 1 N–H and O–H groups in total. The SMILES string of the molecule is OCCc1cn(-c2ccc(C(F)(F)F)cn2)nn1. The van der Waals surface area contributed by atoms with Crippen molar-refractivity contribution in [2.45, 2.75) is 12.6 Å². The molecule has 0 radical (unpaired) electrons. The predicted octanol–water partition coefficient (Wildman–Crippen LogP) is 1.22. The third kappa shape index (κ3) is 2.65. The van der Waals surface area contributed by atoms with E-state index in [4.69, 9.17) is 5.11 Å². The Morgan fingerprint density at radius 3 is 2.61 bits per heavy atom. The monoisotopic (exact) mass is 258 g/mol. The average Bonchev–Trinajstić information content (AvgIpc) is 2.77. The van der Waals surface area contributed by atoms with Gasteiger partial charge in [0.25, 0.3) is 0 Å². The summed E-state index contributed by atoms with van der Waals surface area (Å²) in [7, 11) is 0. The van der Waals surface area contributed by atoms with Crippen molar-refractivity contribution < 1.29 is 18.3 Å². The molecule has 0 aliphatic rings. The van der Waals surface area contributed by atoms with Gasteiger partial charge in [0.2, 0.25) is 0 Å². The molecule has 96 valence electrons. The van der Waals surface area contributed by atoms with Crippen LogP contribution in [0.15, 0.2) is 24.5 Å². The number of nitrogens with zero attached hydrogens (tertiary/aromatic N) is 4. The second kappa shape index (κ2) is 4.73. The van der Waals surface area contributed by atoms with Crippen molar-refractivity contribution in [3.8, 4) is 5.82 Å². The van der Waals surface area contributed by atoms with E-state index in [1.165, 1.54) is 16.9 Å². The maximum absolute atomic E-state index is 12.3. The summed E-state index contributed by atoms with van der Waals surface area (Å²) in [5.74, 6) is 0.236. The van der Waals surface area contributed by atoms with Gasteiger partial charge in [0, 0.05) is 19.2 Å².